The van der Waals surface area contributed by atoms with Crippen molar-refractivity contribution in [3.05, 3.63) is 65.9 Å². The molecule has 4 heteroatoms. The summed E-state index contributed by atoms with van der Waals surface area (Å²) in [5.41, 5.74) is 3.48. The lowest BCUT2D eigenvalue weighted by atomic mass is 10.0. The van der Waals surface area contributed by atoms with Crippen molar-refractivity contribution in [3.63, 3.8) is 0 Å². The average molecular weight is 347 g/mol. The molecule has 0 bridgehead atoms. The lowest BCUT2D eigenvalue weighted by Gasteiger charge is -2.32. The predicted octanol–water partition coefficient (Wildman–Crippen LogP) is 4.37. The number of nitrogens with one attached hydrogen (secondary N) is 1. The van der Waals surface area contributed by atoms with Crippen LogP contribution in [0, 0.1) is 0 Å². The maximum absolute atomic E-state index is 12.8. The molecule has 1 aliphatic heterocycles. The van der Waals surface area contributed by atoms with Gasteiger partial charge in [-0.2, -0.15) is 0 Å². The van der Waals surface area contributed by atoms with E-state index in [1.54, 1.807) is 6.20 Å². The van der Waals surface area contributed by atoms with Gasteiger partial charge in [-0.3, -0.25) is 4.79 Å². The lowest BCUT2D eigenvalue weighted by molar-refractivity contribution is 0.0718. The number of pyridine rings is 1. The van der Waals surface area contributed by atoms with E-state index in [4.69, 9.17) is 0 Å². The summed E-state index contributed by atoms with van der Waals surface area (Å²) in [5, 5.41) is 3.46. The second-order valence-corrected chi connectivity index (χ2v) is 7.12. The van der Waals surface area contributed by atoms with Gasteiger partial charge in [0.25, 0.3) is 5.91 Å². The van der Waals surface area contributed by atoms with Crippen LogP contribution in [0.2, 0.25) is 0 Å². The predicted molar refractivity (Wildman–Crippen MR) is 105 cm³/mol. The molecular weight excluding hydrogens is 322 g/mol. The summed E-state index contributed by atoms with van der Waals surface area (Å²) >= 11 is 0. The summed E-state index contributed by atoms with van der Waals surface area (Å²) in [7, 11) is 0. The van der Waals surface area contributed by atoms with E-state index in [1.165, 1.54) is 24.0 Å². The summed E-state index contributed by atoms with van der Waals surface area (Å²) in [6.45, 7) is 1.58. The zero-order valence-corrected chi connectivity index (χ0v) is 15.0. The molecule has 0 spiro atoms. The Morgan fingerprint density at radius 2 is 1.88 bits per heavy atom. The highest BCUT2D eigenvalue weighted by Crippen LogP contribution is 2.28. The Morgan fingerprint density at radius 1 is 1.08 bits per heavy atom. The highest BCUT2D eigenvalue weighted by atomic mass is 16.2. The molecule has 2 aromatic rings. The summed E-state index contributed by atoms with van der Waals surface area (Å²) in [6.07, 6.45) is 9.60. The van der Waals surface area contributed by atoms with Crippen LogP contribution in [0.1, 0.15) is 48.0 Å². The molecule has 1 fully saturated rings. The largest absolute Gasteiger partial charge is 0.367 e. The fourth-order valence-corrected chi connectivity index (χ4v) is 3.83. The molecule has 134 valence electrons. The third kappa shape index (κ3) is 3.79. The van der Waals surface area contributed by atoms with Crippen molar-refractivity contribution < 1.29 is 4.79 Å². The summed E-state index contributed by atoms with van der Waals surface area (Å²) in [6, 6.07) is 14.4. The first-order valence-corrected chi connectivity index (χ1v) is 9.56. The number of carbonyl (C=O) groups is 1. The first-order valence-electron chi connectivity index (χ1n) is 9.56. The lowest BCUT2D eigenvalue weighted by Crippen LogP contribution is -2.42. The Balaban J connectivity index is 1.33. The Bertz CT molecular complexity index is 775. The SMILES string of the molecule is O=C(c1ccc(C2=CCCC2)cc1)N1CCC(Nc2ccccn2)CC1. The van der Waals surface area contributed by atoms with Crippen molar-refractivity contribution in [2.24, 2.45) is 0 Å². The van der Waals surface area contributed by atoms with Gasteiger partial charge in [0.15, 0.2) is 0 Å². The van der Waals surface area contributed by atoms with E-state index in [1.807, 2.05) is 35.2 Å². The smallest absolute Gasteiger partial charge is 0.253 e. The van der Waals surface area contributed by atoms with Crippen molar-refractivity contribution in [1.82, 2.24) is 9.88 Å². The van der Waals surface area contributed by atoms with Crippen molar-refractivity contribution in [2.45, 2.75) is 38.1 Å². The van der Waals surface area contributed by atoms with Gasteiger partial charge in [0.2, 0.25) is 0 Å². The Morgan fingerprint density at radius 3 is 2.54 bits per heavy atom. The van der Waals surface area contributed by atoms with Crippen LogP contribution < -0.4 is 5.32 Å². The van der Waals surface area contributed by atoms with Gasteiger partial charge >= 0.3 is 0 Å². The van der Waals surface area contributed by atoms with Crippen molar-refractivity contribution in [3.8, 4) is 0 Å². The fraction of sp³-hybridized carbons (Fsp3) is 0.364. The number of benzene rings is 1. The Hall–Kier alpha value is -2.62. The number of nitrogens with zero attached hydrogens (tertiary/aromatic N) is 2. The van der Waals surface area contributed by atoms with Gasteiger partial charge < -0.3 is 10.2 Å². The van der Waals surface area contributed by atoms with Crippen LogP contribution in [0.3, 0.4) is 0 Å². The zero-order chi connectivity index (χ0) is 17.8. The quantitative estimate of drug-likeness (QED) is 0.893. The summed E-state index contributed by atoms with van der Waals surface area (Å²) in [5.74, 6) is 1.06. The molecular formula is C22H25N3O. The highest BCUT2D eigenvalue weighted by molar-refractivity contribution is 5.94. The van der Waals surface area contributed by atoms with Gasteiger partial charge in [-0.25, -0.2) is 4.98 Å². The Labute approximate surface area is 154 Å². The van der Waals surface area contributed by atoms with Crippen LogP contribution in [0.15, 0.2) is 54.7 Å². The molecule has 1 aliphatic carbocycles. The molecule has 1 saturated heterocycles. The first kappa shape index (κ1) is 16.8. The minimum Gasteiger partial charge on any atom is -0.367 e. The molecule has 4 rings (SSSR count). The molecule has 1 aromatic carbocycles. The average Bonchev–Trinajstić information content (AvgIpc) is 3.24. The molecule has 0 unspecified atom stereocenters. The molecule has 1 aromatic heterocycles. The molecule has 1 amide bonds. The second kappa shape index (κ2) is 7.73. The molecule has 4 nitrogen and oxygen atoms in total. The van der Waals surface area contributed by atoms with Crippen LogP contribution in [0.4, 0.5) is 5.82 Å². The number of hydrogen-bond donors (Lipinski definition) is 1. The van der Waals surface area contributed by atoms with Gasteiger partial charge in [0, 0.05) is 30.9 Å². The van der Waals surface area contributed by atoms with E-state index in [2.05, 4.69) is 28.5 Å². The van der Waals surface area contributed by atoms with E-state index in [0.717, 1.165) is 43.7 Å². The molecule has 0 radical (unpaired) electrons. The third-order valence-electron chi connectivity index (χ3n) is 5.34. The van der Waals surface area contributed by atoms with E-state index in [9.17, 15) is 4.79 Å². The first-order chi connectivity index (χ1) is 12.8. The maximum atomic E-state index is 12.8. The maximum Gasteiger partial charge on any atom is 0.253 e. The molecule has 0 saturated carbocycles. The van der Waals surface area contributed by atoms with Crippen LogP contribution in [-0.4, -0.2) is 34.9 Å². The van der Waals surface area contributed by atoms with Gasteiger partial charge in [-0.05, 0) is 67.5 Å². The van der Waals surface area contributed by atoms with E-state index in [-0.39, 0.29) is 5.91 Å². The molecule has 0 atom stereocenters. The normalized spacial score (nSPS) is 17.8. The number of carbonyl (C=O) groups excluding carboxylic acids is 1. The zero-order valence-electron chi connectivity index (χ0n) is 15.0. The minimum absolute atomic E-state index is 0.147. The van der Waals surface area contributed by atoms with Gasteiger partial charge in [-0.15, -0.1) is 0 Å². The van der Waals surface area contributed by atoms with Crippen molar-refractivity contribution in [1.29, 1.82) is 0 Å². The number of allylic oxidation sites excluding steroid dienone is 2. The number of hydrogen-bond acceptors (Lipinski definition) is 3. The van der Waals surface area contributed by atoms with Crippen molar-refractivity contribution in [2.75, 3.05) is 18.4 Å². The van der Waals surface area contributed by atoms with Gasteiger partial charge in [0.1, 0.15) is 5.82 Å². The third-order valence-corrected chi connectivity index (χ3v) is 5.34. The van der Waals surface area contributed by atoms with E-state index in [0.29, 0.717) is 6.04 Å². The number of anilines is 1. The minimum atomic E-state index is 0.147. The number of likely N-dealkylation sites (tertiary alicyclic amines) is 1. The number of rotatable bonds is 4. The molecule has 26 heavy (non-hydrogen) atoms. The summed E-state index contributed by atoms with van der Waals surface area (Å²) in [4.78, 5) is 19.1. The Kier molecular flexibility index (Phi) is 5.00. The van der Waals surface area contributed by atoms with Gasteiger partial charge in [-0.1, -0.05) is 24.3 Å². The van der Waals surface area contributed by atoms with E-state index < -0.39 is 0 Å². The second-order valence-electron chi connectivity index (χ2n) is 7.12. The van der Waals surface area contributed by atoms with Crippen LogP contribution in [0.25, 0.3) is 5.57 Å². The highest BCUT2D eigenvalue weighted by Gasteiger charge is 2.23. The molecule has 2 heterocycles. The number of aromatic nitrogens is 1. The number of amides is 1. The fourth-order valence-electron chi connectivity index (χ4n) is 3.83. The van der Waals surface area contributed by atoms with Gasteiger partial charge in [0.05, 0.1) is 0 Å². The van der Waals surface area contributed by atoms with Crippen LogP contribution in [0.5, 0.6) is 0 Å². The van der Waals surface area contributed by atoms with Crippen molar-refractivity contribution >= 4 is 17.3 Å². The van der Waals surface area contributed by atoms with E-state index >= 15 is 0 Å². The molecule has 2 aliphatic rings. The molecule has 1 N–H and O–H groups in total. The summed E-state index contributed by atoms with van der Waals surface area (Å²) < 4.78 is 0. The van der Waals surface area contributed by atoms with Crippen LogP contribution >= 0.6 is 0 Å². The monoisotopic (exact) mass is 347 g/mol. The standard InChI is InChI=1S/C22H25N3O/c26-22(19-10-8-18(9-11-19)17-5-1-2-6-17)25-15-12-20(13-16-25)24-21-7-3-4-14-23-21/h3-5,7-11,14,20H,1-2,6,12-13,15-16H2,(H,23,24). The topological polar surface area (TPSA) is 45.2 Å². The number of piperidine rings is 1. The van der Waals surface area contributed by atoms with Crippen LogP contribution in [-0.2, 0) is 0 Å².